The van der Waals surface area contributed by atoms with Crippen LogP contribution in [0.4, 0.5) is 5.69 Å². The van der Waals surface area contributed by atoms with Crippen molar-refractivity contribution in [3.8, 4) is 0 Å². The van der Waals surface area contributed by atoms with Gasteiger partial charge in [0.05, 0.1) is 0 Å². The lowest BCUT2D eigenvalue weighted by molar-refractivity contribution is 0.590. The molecule has 1 aromatic rings. The van der Waals surface area contributed by atoms with Gasteiger partial charge in [-0.2, -0.15) is 0 Å². The zero-order valence-electron chi connectivity index (χ0n) is 10.1. The minimum Gasteiger partial charge on any atom is -0.371 e. The molecular weight excluding hydrogens is 330 g/mol. The van der Waals surface area contributed by atoms with E-state index in [1.807, 2.05) is 0 Å². The van der Waals surface area contributed by atoms with Gasteiger partial charge in [0.15, 0.2) is 0 Å². The van der Waals surface area contributed by atoms with Gasteiger partial charge in [-0.3, -0.25) is 0 Å². The number of rotatable bonds is 5. The predicted octanol–water partition coefficient (Wildman–Crippen LogP) is 4.97. The van der Waals surface area contributed by atoms with Crippen molar-refractivity contribution < 1.29 is 0 Å². The minimum absolute atomic E-state index is 0.624. The SMILES string of the molecule is CCC(CC)N(C)c1ccc(Br)cc1CBr. The topological polar surface area (TPSA) is 3.24 Å². The Balaban J connectivity index is 3.02. The van der Waals surface area contributed by atoms with Crippen molar-refractivity contribution in [2.45, 2.75) is 38.1 Å². The van der Waals surface area contributed by atoms with E-state index in [-0.39, 0.29) is 0 Å². The molecule has 90 valence electrons. The molecule has 0 saturated carbocycles. The van der Waals surface area contributed by atoms with Crippen LogP contribution in [-0.4, -0.2) is 13.1 Å². The molecule has 0 unspecified atom stereocenters. The molecule has 0 aliphatic rings. The monoisotopic (exact) mass is 347 g/mol. The highest BCUT2D eigenvalue weighted by Gasteiger charge is 2.14. The van der Waals surface area contributed by atoms with E-state index in [0.29, 0.717) is 6.04 Å². The highest BCUT2D eigenvalue weighted by Crippen LogP contribution is 2.28. The molecular formula is C13H19Br2N. The summed E-state index contributed by atoms with van der Waals surface area (Å²) in [4.78, 5) is 2.39. The fourth-order valence-electron chi connectivity index (χ4n) is 2.04. The van der Waals surface area contributed by atoms with Crippen LogP contribution in [-0.2, 0) is 5.33 Å². The summed E-state index contributed by atoms with van der Waals surface area (Å²) in [6.07, 6.45) is 2.37. The van der Waals surface area contributed by atoms with Crippen LogP contribution in [0.3, 0.4) is 0 Å². The van der Waals surface area contributed by atoms with Gasteiger partial charge in [0.1, 0.15) is 0 Å². The number of alkyl halides is 1. The molecule has 0 saturated heterocycles. The average Bonchev–Trinajstić information content (AvgIpc) is 2.30. The van der Waals surface area contributed by atoms with E-state index >= 15 is 0 Å². The maximum Gasteiger partial charge on any atom is 0.0408 e. The third-order valence-corrected chi connectivity index (χ3v) is 4.15. The van der Waals surface area contributed by atoms with E-state index in [1.165, 1.54) is 24.1 Å². The molecule has 0 N–H and O–H groups in total. The zero-order valence-corrected chi connectivity index (χ0v) is 13.3. The van der Waals surface area contributed by atoms with Gasteiger partial charge in [0, 0.05) is 28.6 Å². The predicted molar refractivity (Wildman–Crippen MR) is 79.5 cm³/mol. The van der Waals surface area contributed by atoms with Crippen LogP contribution in [0.1, 0.15) is 32.3 Å². The lowest BCUT2D eigenvalue weighted by Crippen LogP contribution is -2.31. The second-order valence-electron chi connectivity index (χ2n) is 3.99. The van der Waals surface area contributed by atoms with E-state index < -0.39 is 0 Å². The number of benzene rings is 1. The minimum atomic E-state index is 0.624. The first-order chi connectivity index (χ1) is 7.63. The van der Waals surface area contributed by atoms with Crippen LogP contribution in [0.5, 0.6) is 0 Å². The summed E-state index contributed by atoms with van der Waals surface area (Å²) in [6, 6.07) is 7.11. The Labute approximate surface area is 115 Å². The zero-order chi connectivity index (χ0) is 12.1. The fraction of sp³-hybridized carbons (Fsp3) is 0.538. The Hall–Kier alpha value is -0.0200. The average molecular weight is 349 g/mol. The van der Waals surface area contributed by atoms with Gasteiger partial charge in [-0.05, 0) is 36.6 Å². The van der Waals surface area contributed by atoms with Crippen LogP contribution < -0.4 is 4.90 Å². The molecule has 0 aliphatic heterocycles. The second kappa shape index (κ2) is 6.65. The molecule has 0 heterocycles. The highest BCUT2D eigenvalue weighted by atomic mass is 79.9. The summed E-state index contributed by atoms with van der Waals surface area (Å²) in [5, 5.41) is 0.895. The summed E-state index contributed by atoms with van der Waals surface area (Å²) in [7, 11) is 2.19. The molecule has 0 fully saturated rings. The smallest absolute Gasteiger partial charge is 0.0408 e. The van der Waals surface area contributed by atoms with Gasteiger partial charge in [0.2, 0.25) is 0 Å². The van der Waals surface area contributed by atoms with Gasteiger partial charge in [0.25, 0.3) is 0 Å². The summed E-state index contributed by atoms with van der Waals surface area (Å²) in [5.41, 5.74) is 2.66. The third kappa shape index (κ3) is 3.24. The Morgan fingerprint density at radius 3 is 2.38 bits per heavy atom. The molecule has 3 heteroatoms. The third-order valence-electron chi connectivity index (χ3n) is 3.06. The van der Waals surface area contributed by atoms with Crippen molar-refractivity contribution in [3.05, 3.63) is 28.2 Å². The van der Waals surface area contributed by atoms with E-state index in [9.17, 15) is 0 Å². The van der Waals surface area contributed by atoms with E-state index in [1.54, 1.807) is 0 Å². The largest absolute Gasteiger partial charge is 0.371 e. The number of nitrogens with zero attached hydrogens (tertiary/aromatic N) is 1. The Bertz CT molecular complexity index is 335. The van der Waals surface area contributed by atoms with Gasteiger partial charge < -0.3 is 4.90 Å². The number of anilines is 1. The van der Waals surface area contributed by atoms with E-state index in [4.69, 9.17) is 0 Å². The summed E-state index contributed by atoms with van der Waals surface area (Å²) < 4.78 is 1.14. The Morgan fingerprint density at radius 2 is 1.88 bits per heavy atom. The number of halogens is 2. The van der Waals surface area contributed by atoms with Crippen molar-refractivity contribution in [1.82, 2.24) is 0 Å². The quantitative estimate of drug-likeness (QED) is 0.679. The summed E-state index contributed by atoms with van der Waals surface area (Å²) in [5.74, 6) is 0. The molecule has 0 spiro atoms. The molecule has 0 atom stereocenters. The maximum absolute atomic E-state index is 3.56. The molecule has 0 amide bonds. The number of hydrogen-bond donors (Lipinski definition) is 0. The summed E-state index contributed by atoms with van der Waals surface area (Å²) in [6.45, 7) is 4.49. The fourth-order valence-corrected chi connectivity index (χ4v) is 2.90. The highest BCUT2D eigenvalue weighted by molar-refractivity contribution is 9.10. The molecule has 0 radical (unpaired) electrons. The van der Waals surface area contributed by atoms with Gasteiger partial charge in [-0.1, -0.05) is 45.7 Å². The van der Waals surface area contributed by atoms with Crippen molar-refractivity contribution in [1.29, 1.82) is 0 Å². The van der Waals surface area contributed by atoms with Crippen molar-refractivity contribution >= 4 is 37.5 Å². The number of hydrogen-bond acceptors (Lipinski definition) is 1. The van der Waals surface area contributed by atoms with Crippen LogP contribution in [0.25, 0.3) is 0 Å². The van der Waals surface area contributed by atoms with Gasteiger partial charge in [-0.25, -0.2) is 0 Å². The van der Waals surface area contributed by atoms with E-state index in [2.05, 4.69) is 75.9 Å². The molecule has 1 aromatic carbocycles. The normalized spacial score (nSPS) is 10.9. The molecule has 0 aliphatic carbocycles. The summed E-state index contributed by atoms with van der Waals surface area (Å²) >= 11 is 7.07. The van der Waals surface area contributed by atoms with Crippen molar-refractivity contribution in [3.63, 3.8) is 0 Å². The Morgan fingerprint density at radius 1 is 1.25 bits per heavy atom. The standard InChI is InChI=1S/C13H19Br2N/c1-4-12(5-2)16(3)13-7-6-11(15)8-10(13)9-14/h6-8,12H,4-5,9H2,1-3H3. The van der Waals surface area contributed by atoms with Crippen LogP contribution in [0.15, 0.2) is 22.7 Å². The first kappa shape index (κ1) is 14.0. The van der Waals surface area contributed by atoms with Crippen LogP contribution >= 0.6 is 31.9 Å². The molecule has 0 bridgehead atoms. The van der Waals surface area contributed by atoms with Gasteiger partial charge >= 0.3 is 0 Å². The first-order valence-electron chi connectivity index (χ1n) is 5.71. The molecule has 0 aromatic heterocycles. The van der Waals surface area contributed by atoms with Crippen molar-refractivity contribution in [2.24, 2.45) is 0 Å². The lowest BCUT2D eigenvalue weighted by Gasteiger charge is -2.30. The van der Waals surface area contributed by atoms with E-state index in [0.717, 1.165) is 9.80 Å². The van der Waals surface area contributed by atoms with Crippen LogP contribution in [0, 0.1) is 0 Å². The maximum atomic E-state index is 3.56. The molecule has 1 nitrogen and oxygen atoms in total. The molecule has 16 heavy (non-hydrogen) atoms. The van der Waals surface area contributed by atoms with Crippen LogP contribution in [0.2, 0.25) is 0 Å². The molecule has 1 rings (SSSR count). The lowest BCUT2D eigenvalue weighted by atomic mass is 10.1. The van der Waals surface area contributed by atoms with Gasteiger partial charge in [-0.15, -0.1) is 0 Å². The first-order valence-corrected chi connectivity index (χ1v) is 7.62. The van der Waals surface area contributed by atoms with Crippen molar-refractivity contribution in [2.75, 3.05) is 11.9 Å². The Kier molecular flexibility index (Phi) is 5.84. The second-order valence-corrected chi connectivity index (χ2v) is 5.46.